The summed E-state index contributed by atoms with van der Waals surface area (Å²) in [6, 6.07) is 14.0. The van der Waals surface area contributed by atoms with Gasteiger partial charge in [-0.1, -0.05) is 84.0 Å². The molecule has 0 aliphatic carbocycles. The van der Waals surface area contributed by atoms with Gasteiger partial charge in [0.2, 0.25) is 0 Å². The predicted molar refractivity (Wildman–Crippen MR) is 157 cm³/mol. The minimum Gasteiger partial charge on any atom is -0.376 e. The van der Waals surface area contributed by atoms with Crippen molar-refractivity contribution in [2.75, 3.05) is 12.4 Å². The summed E-state index contributed by atoms with van der Waals surface area (Å²) < 4.78 is 39.9. The number of aromatic nitrogens is 2. The molecule has 0 radical (unpaired) electrons. The minimum absolute atomic E-state index is 0.0144. The highest BCUT2D eigenvalue weighted by molar-refractivity contribution is 7.99. The van der Waals surface area contributed by atoms with E-state index in [-0.39, 0.29) is 28.5 Å². The third kappa shape index (κ3) is 7.21. The summed E-state index contributed by atoms with van der Waals surface area (Å²) in [6.45, 7) is 13.3. The van der Waals surface area contributed by atoms with Gasteiger partial charge in [-0.2, -0.15) is 13.4 Å². The molecular weight excluding hydrogens is 528 g/mol. The van der Waals surface area contributed by atoms with Crippen LogP contribution in [0.2, 0.25) is 0 Å². The van der Waals surface area contributed by atoms with Crippen LogP contribution >= 0.6 is 11.8 Å². The fourth-order valence-electron chi connectivity index (χ4n) is 4.67. The predicted octanol–water partition coefficient (Wildman–Crippen LogP) is 7.41. The van der Waals surface area contributed by atoms with E-state index in [4.69, 9.17) is 13.9 Å². The molecule has 0 saturated carbocycles. The Bertz CT molecular complexity index is 1360. The van der Waals surface area contributed by atoms with Gasteiger partial charge in [0, 0.05) is 6.42 Å². The van der Waals surface area contributed by atoms with Crippen molar-refractivity contribution in [1.82, 2.24) is 9.97 Å². The molecule has 8 heteroatoms. The Balaban J connectivity index is 1.66. The first-order chi connectivity index (χ1) is 18.6. The Hall–Kier alpha value is -2.42. The molecule has 4 rings (SSSR count). The maximum atomic E-state index is 14.0. The standard InChI is InChI=1S/C31H40N2O4S2/c1-20(2)24-17-25(21(3)4)30(26(18-24)22(5)6)39(34,35)37-31-29-27(13-10-16-38-29)32-28(33-31)14-15-36-19-23-11-8-7-9-12-23/h7-9,11-12,17-18,20-22H,10,13-16,19H2,1-6H3. The highest BCUT2D eigenvalue weighted by Crippen LogP contribution is 2.40. The van der Waals surface area contributed by atoms with E-state index in [0.717, 1.165) is 51.4 Å². The maximum Gasteiger partial charge on any atom is 0.341 e. The monoisotopic (exact) mass is 568 g/mol. The van der Waals surface area contributed by atoms with Crippen molar-refractivity contribution in [3.63, 3.8) is 0 Å². The largest absolute Gasteiger partial charge is 0.376 e. The zero-order chi connectivity index (χ0) is 28.2. The van der Waals surface area contributed by atoms with Crippen molar-refractivity contribution in [3.05, 3.63) is 76.2 Å². The molecule has 0 fully saturated rings. The smallest absolute Gasteiger partial charge is 0.341 e. The molecule has 3 aromatic rings. The second-order valence-corrected chi connectivity index (χ2v) is 13.6. The summed E-state index contributed by atoms with van der Waals surface area (Å²) in [5.41, 5.74) is 4.66. The van der Waals surface area contributed by atoms with Crippen LogP contribution < -0.4 is 4.18 Å². The van der Waals surface area contributed by atoms with Crippen LogP contribution in [0.3, 0.4) is 0 Å². The second kappa shape index (κ2) is 12.8. The van der Waals surface area contributed by atoms with Gasteiger partial charge in [-0.05, 0) is 58.6 Å². The third-order valence-corrected chi connectivity index (χ3v) is 9.40. The maximum absolute atomic E-state index is 14.0. The number of hydrogen-bond donors (Lipinski definition) is 0. The Labute approximate surface area is 238 Å². The van der Waals surface area contributed by atoms with E-state index >= 15 is 0 Å². The quantitative estimate of drug-likeness (QED) is 0.176. The van der Waals surface area contributed by atoms with E-state index in [1.807, 2.05) is 70.2 Å². The Morgan fingerprint density at radius 3 is 2.21 bits per heavy atom. The molecule has 0 spiro atoms. The topological polar surface area (TPSA) is 78.4 Å². The van der Waals surface area contributed by atoms with Crippen LogP contribution in [0.5, 0.6) is 5.88 Å². The molecule has 0 amide bonds. The molecule has 2 heterocycles. The van der Waals surface area contributed by atoms with E-state index in [0.29, 0.717) is 25.5 Å². The van der Waals surface area contributed by atoms with Crippen molar-refractivity contribution in [1.29, 1.82) is 0 Å². The van der Waals surface area contributed by atoms with Crippen LogP contribution in [-0.4, -0.2) is 30.7 Å². The van der Waals surface area contributed by atoms with E-state index in [9.17, 15) is 8.42 Å². The first-order valence-electron chi connectivity index (χ1n) is 13.8. The van der Waals surface area contributed by atoms with Gasteiger partial charge in [0.25, 0.3) is 5.88 Å². The van der Waals surface area contributed by atoms with E-state index in [1.54, 1.807) is 11.8 Å². The van der Waals surface area contributed by atoms with Crippen molar-refractivity contribution in [2.45, 2.75) is 95.0 Å². The lowest BCUT2D eigenvalue weighted by atomic mass is 9.89. The van der Waals surface area contributed by atoms with Crippen molar-refractivity contribution < 1.29 is 17.3 Å². The number of aryl methyl sites for hydroxylation is 1. The minimum atomic E-state index is -4.15. The Morgan fingerprint density at radius 2 is 1.59 bits per heavy atom. The van der Waals surface area contributed by atoms with Gasteiger partial charge in [0.1, 0.15) is 10.7 Å². The molecule has 6 nitrogen and oxygen atoms in total. The van der Waals surface area contributed by atoms with Gasteiger partial charge in [-0.15, -0.1) is 11.8 Å². The molecule has 1 aliphatic heterocycles. The molecule has 0 atom stereocenters. The summed E-state index contributed by atoms with van der Waals surface area (Å²) >= 11 is 1.57. The van der Waals surface area contributed by atoms with Crippen LogP contribution in [-0.2, 0) is 34.3 Å². The SMILES string of the molecule is CC(C)c1cc(C(C)C)c(S(=O)(=O)Oc2nc(CCOCc3ccccc3)nc3c2SCCC3)c(C(C)C)c1. The summed E-state index contributed by atoms with van der Waals surface area (Å²) in [5, 5.41) is 0. The van der Waals surface area contributed by atoms with Gasteiger partial charge >= 0.3 is 10.1 Å². The molecule has 0 bridgehead atoms. The lowest BCUT2D eigenvalue weighted by molar-refractivity contribution is 0.122. The van der Waals surface area contributed by atoms with E-state index in [1.165, 1.54) is 0 Å². The lowest BCUT2D eigenvalue weighted by Crippen LogP contribution is -2.20. The van der Waals surface area contributed by atoms with Crippen LogP contribution in [0, 0.1) is 0 Å². The first-order valence-corrected chi connectivity index (χ1v) is 16.2. The van der Waals surface area contributed by atoms with Crippen molar-refractivity contribution in [3.8, 4) is 5.88 Å². The molecule has 1 aromatic heterocycles. The normalized spacial score (nSPS) is 13.8. The van der Waals surface area contributed by atoms with Crippen LogP contribution in [0.4, 0.5) is 0 Å². The summed E-state index contributed by atoms with van der Waals surface area (Å²) in [4.78, 5) is 10.4. The summed E-state index contributed by atoms with van der Waals surface area (Å²) in [6.07, 6.45) is 2.23. The molecule has 0 N–H and O–H groups in total. The third-order valence-electron chi connectivity index (χ3n) is 6.85. The highest BCUT2D eigenvalue weighted by Gasteiger charge is 2.31. The average molecular weight is 569 g/mol. The Morgan fingerprint density at radius 1 is 0.923 bits per heavy atom. The number of hydrogen-bond acceptors (Lipinski definition) is 7. The van der Waals surface area contributed by atoms with E-state index < -0.39 is 10.1 Å². The summed E-state index contributed by atoms with van der Waals surface area (Å²) in [7, 11) is -4.15. The Kier molecular flexibility index (Phi) is 9.73. The second-order valence-electron chi connectivity index (χ2n) is 11.0. The van der Waals surface area contributed by atoms with Gasteiger partial charge in [-0.25, -0.2) is 4.98 Å². The first kappa shape index (κ1) is 29.6. The fraction of sp³-hybridized carbons (Fsp3) is 0.484. The van der Waals surface area contributed by atoms with Gasteiger partial charge < -0.3 is 8.92 Å². The number of nitrogens with zero attached hydrogens (tertiary/aromatic N) is 2. The number of ether oxygens (including phenoxy) is 1. The van der Waals surface area contributed by atoms with Gasteiger partial charge in [0.15, 0.2) is 0 Å². The molecule has 39 heavy (non-hydrogen) atoms. The number of thioether (sulfide) groups is 1. The van der Waals surface area contributed by atoms with Gasteiger partial charge in [0.05, 0.1) is 23.8 Å². The molecule has 210 valence electrons. The van der Waals surface area contributed by atoms with Gasteiger partial charge in [-0.3, -0.25) is 0 Å². The van der Waals surface area contributed by atoms with Crippen molar-refractivity contribution in [2.24, 2.45) is 0 Å². The lowest BCUT2D eigenvalue weighted by Gasteiger charge is -2.23. The average Bonchev–Trinajstić information content (AvgIpc) is 2.90. The molecule has 1 aliphatic rings. The number of rotatable bonds is 11. The van der Waals surface area contributed by atoms with Crippen LogP contribution in [0.1, 0.15) is 99.5 Å². The zero-order valence-corrected chi connectivity index (χ0v) is 25.5. The highest BCUT2D eigenvalue weighted by atomic mass is 32.2. The molecule has 2 aromatic carbocycles. The fourth-order valence-corrected chi connectivity index (χ4v) is 7.32. The molecule has 0 saturated heterocycles. The zero-order valence-electron chi connectivity index (χ0n) is 23.9. The van der Waals surface area contributed by atoms with Crippen LogP contribution in [0.25, 0.3) is 0 Å². The molecule has 0 unspecified atom stereocenters. The number of fused-ring (bicyclic) bond motifs is 1. The van der Waals surface area contributed by atoms with Crippen LogP contribution in [0.15, 0.2) is 52.3 Å². The summed E-state index contributed by atoms with van der Waals surface area (Å²) in [5.74, 6) is 1.87. The molecular formula is C31H40N2O4S2. The number of benzene rings is 2. The van der Waals surface area contributed by atoms with E-state index in [2.05, 4.69) is 18.8 Å². The van der Waals surface area contributed by atoms with Crippen molar-refractivity contribution >= 4 is 21.9 Å².